The Balaban J connectivity index is 1.72. The molecule has 2 heterocycles. The van der Waals surface area contributed by atoms with E-state index in [1.165, 1.54) is 11.1 Å². The molecule has 0 aliphatic carbocycles. The lowest BCUT2D eigenvalue weighted by atomic mass is 10.0. The molecule has 1 saturated heterocycles. The van der Waals surface area contributed by atoms with Gasteiger partial charge < -0.3 is 9.64 Å². The number of ether oxygens (including phenoxy) is 1. The monoisotopic (exact) mass is 316 g/mol. The Morgan fingerprint density at radius 2 is 2.09 bits per heavy atom. The van der Waals surface area contributed by atoms with E-state index in [0.717, 1.165) is 16.3 Å². The highest BCUT2D eigenvalue weighted by Crippen LogP contribution is 2.26. The number of morpholine rings is 1. The number of aryl methyl sites for hydroxylation is 2. The minimum absolute atomic E-state index is 0.143. The molecule has 0 N–H and O–H groups in total. The van der Waals surface area contributed by atoms with Crippen LogP contribution in [-0.4, -0.2) is 42.1 Å². The standard InChI is InChI=1S/C17H20N2O2S/c1-12-3-4-14(13(2)9-12)15-11-22-16(18-15)10-17(20)19-5-7-21-8-6-19/h3-4,9,11H,5-8,10H2,1-2H3. The van der Waals surface area contributed by atoms with Crippen molar-refractivity contribution in [3.63, 3.8) is 0 Å². The van der Waals surface area contributed by atoms with E-state index in [-0.39, 0.29) is 5.91 Å². The SMILES string of the molecule is Cc1ccc(-c2csc(CC(=O)N3CCOCC3)n2)c(C)c1. The van der Waals surface area contributed by atoms with Crippen LogP contribution >= 0.6 is 11.3 Å². The normalized spacial score (nSPS) is 15.1. The molecular weight excluding hydrogens is 296 g/mol. The minimum Gasteiger partial charge on any atom is -0.378 e. The molecule has 1 aromatic heterocycles. The summed E-state index contributed by atoms with van der Waals surface area (Å²) in [5.41, 5.74) is 4.58. The average Bonchev–Trinajstić information content (AvgIpc) is 2.96. The summed E-state index contributed by atoms with van der Waals surface area (Å²) >= 11 is 1.56. The molecule has 1 aliphatic rings. The van der Waals surface area contributed by atoms with Gasteiger partial charge in [0.1, 0.15) is 5.01 Å². The third-order valence-corrected chi connectivity index (χ3v) is 4.72. The number of rotatable bonds is 3. The van der Waals surface area contributed by atoms with Crippen molar-refractivity contribution in [1.82, 2.24) is 9.88 Å². The van der Waals surface area contributed by atoms with Crippen LogP contribution in [0.4, 0.5) is 0 Å². The summed E-state index contributed by atoms with van der Waals surface area (Å²) in [5.74, 6) is 0.143. The Hall–Kier alpha value is -1.72. The highest BCUT2D eigenvalue weighted by Gasteiger charge is 2.18. The molecule has 2 aromatic rings. The zero-order valence-electron chi connectivity index (χ0n) is 13.0. The number of carbonyl (C=O) groups is 1. The molecule has 3 rings (SSSR count). The Labute approximate surface area is 134 Å². The van der Waals surface area contributed by atoms with E-state index in [1.807, 2.05) is 10.3 Å². The van der Waals surface area contributed by atoms with Crippen molar-refractivity contribution in [2.24, 2.45) is 0 Å². The third kappa shape index (κ3) is 3.36. The molecule has 0 atom stereocenters. The predicted molar refractivity (Wildman–Crippen MR) is 88.1 cm³/mol. The molecule has 116 valence electrons. The summed E-state index contributed by atoms with van der Waals surface area (Å²) in [6.07, 6.45) is 0.384. The number of nitrogens with zero attached hydrogens (tertiary/aromatic N) is 2. The highest BCUT2D eigenvalue weighted by molar-refractivity contribution is 7.10. The molecule has 1 fully saturated rings. The van der Waals surface area contributed by atoms with E-state index in [2.05, 4.69) is 37.0 Å². The lowest BCUT2D eigenvalue weighted by molar-refractivity contribution is -0.134. The third-order valence-electron chi connectivity index (χ3n) is 3.88. The Morgan fingerprint density at radius 1 is 1.32 bits per heavy atom. The second kappa shape index (κ2) is 6.58. The number of hydrogen-bond acceptors (Lipinski definition) is 4. The fourth-order valence-electron chi connectivity index (χ4n) is 2.67. The van der Waals surface area contributed by atoms with Crippen molar-refractivity contribution >= 4 is 17.2 Å². The fourth-order valence-corrected chi connectivity index (χ4v) is 3.46. The van der Waals surface area contributed by atoms with Crippen LogP contribution < -0.4 is 0 Å². The van der Waals surface area contributed by atoms with E-state index in [1.54, 1.807) is 11.3 Å². The number of thiazole rings is 1. The number of hydrogen-bond donors (Lipinski definition) is 0. The Morgan fingerprint density at radius 3 is 2.82 bits per heavy atom. The van der Waals surface area contributed by atoms with Gasteiger partial charge in [0.2, 0.25) is 5.91 Å². The highest BCUT2D eigenvalue weighted by atomic mass is 32.1. The topological polar surface area (TPSA) is 42.4 Å². The number of amides is 1. The molecule has 0 saturated carbocycles. The average molecular weight is 316 g/mol. The molecule has 0 bridgehead atoms. The minimum atomic E-state index is 0.143. The maximum Gasteiger partial charge on any atom is 0.229 e. The second-order valence-electron chi connectivity index (χ2n) is 5.61. The molecule has 0 spiro atoms. The van der Waals surface area contributed by atoms with Gasteiger partial charge in [0.05, 0.1) is 25.3 Å². The van der Waals surface area contributed by atoms with Crippen molar-refractivity contribution in [3.8, 4) is 11.3 Å². The number of benzene rings is 1. The van der Waals surface area contributed by atoms with Crippen molar-refractivity contribution in [2.75, 3.05) is 26.3 Å². The first-order valence-corrected chi connectivity index (χ1v) is 8.39. The van der Waals surface area contributed by atoms with Gasteiger partial charge in [0.25, 0.3) is 0 Å². The first-order valence-electron chi connectivity index (χ1n) is 7.51. The van der Waals surface area contributed by atoms with Gasteiger partial charge in [-0.25, -0.2) is 4.98 Å². The largest absolute Gasteiger partial charge is 0.378 e. The maximum absolute atomic E-state index is 12.3. The van der Waals surface area contributed by atoms with Crippen molar-refractivity contribution < 1.29 is 9.53 Å². The Bertz CT molecular complexity index is 675. The first-order chi connectivity index (χ1) is 10.6. The van der Waals surface area contributed by atoms with Crippen molar-refractivity contribution in [1.29, 1.82) is 0 Å². The Kier molecular flexibility index (Phi) is 4.55. The molecule has 0 radical (unpaired) electrons. The smallest absolute Gasteiger partial charge is 0.229 e. The maximum atomic E-state index is 12.3. The summed E-state index contributed by atoms with van der Waals surface area (Å²) in [5, 5.41) is 2.92. The van der Waals surface area contributed by atoms with Crippen molar-refractivity contribution in [3.05, 3.63) is 39.7 Å². The van der Waals surface area contributed by atoms with Crippen LogP contribution in [0.25, 0.3) is 11.3 Å². The van der Waals surface area contributed by atoms with E-state index >= 15 is 0 Å². The van der Waals surface area contributed by atoms with Gasteiger partial charge in [0, 0.05) is 24.0 Å². The van der Waals surface area contributed by atoms with Crippen LogP contribution in [0, 0.1) is 13.8 Å². The lowest BCUT2D eigenvalue weighted by Gasteiger charge is -2.26. The van der Waals surface area contributed by atoms with Gasteiger partial charge in [0.15, 0.2) is 0 Å². The predicted octanol–water partition coefficient (Wildman–Crippen LogP) is 2.83. The molecule has 5 heteroatoms. The fraction of sp³-hybridized carbons (Fsp3) is 0.412. The van der Waals surface area contributed by atoms with E-state index in [9.17, 15) is 4.79 Å². The zero-order chi connectivity index (χ0) is 15.5. The number of aromatic nitrogens is 1. The van der Waals surface area contributed by atoms with Crippen LogP contribution in [0.2, 0.25) is 0 Å². The van der Waals surface area contributed by atoms with Crippen LogP contribution in [0.5, 0.6) is 0 Å². The van der Waals surface area contributed by atoms with Crippen LogP contribution in [0.3, 0.4) is 0 Å². The van der Waals surface area contributed by atoms with E-state index in [4.69, 9.17) is 4.74 Å². The summed E-state index contributed by atoms with van der Waals surface area (Å²) in [6.45, 7) is 6.83. The first kappa shape index (κ1) is 15.2. The van der Waals surface area contributed by atoms with Gasteiger partial charge in [-0.1, -0.05) is 23.8 Å². The van der Waals surface area contributed by atoms with Crippen LogP contribution in [0.1, 0.15) is 16.1 Å². The molecule has 1 aromatic carbocycles. The molecule has 0 unspecified atom stereocenters. The second-order valence-corrected chi connectivity index (χ2v) is 6.56. The van der Waals surface area contributed by atoms with E-state index < -0.39 is 0 Å². The molecule has 4 nitrogen and oxygen atoms in total. The molecule has 1 amide bonds. The summed E-state index contributed by atoms with van der Waals surface area (Å²) < 4.78 is 5.28. The number of carbonyl (C=O) groups excluding carboxylic acids is 1. The molecule has 22 heavy (non-hydrogen) atoms. The molecule has 1 aliphatic heterocycles. The van der Waals surface area contributed by atoms with Gasteiger partial charge in [-0.3, -0.25) is 4.79 Å². The summed E-state index contributed by atoms with van der Waals surface area (Å²) in [4.78, 5) is 18.8. The van der Waals surface area contributed by atoms with Gasteiger partial charge in [-0.05, 0) is 19.4 Å². The quantitative estimate of drug-likeness (QED) is 0.874. The van der Waals surface area contributed by atoms with Crippen LogP contribution in [-0.2, 0) is 16.0 Å². The lowest BCUT2D eigenvalue weighted by Crippen LogP contribution is -2.41. The van der Waals surface area contributed by atoms with Gasteiger partial charge in [-0.15, -0.1) is 11.3 Å². The summed E-state index contributed by atoms with van der Waals surface area (Å²) in [7, 11) is 0. The van der Waals surface area contributed by atoms with Crippen LogP contribution in [0.15, 0.2) is 23.6 Å². The van der Waals surface area contributed by atoms with Gasteiger partial charge >= 0.3 is 0 Å². The summed E-state index contributed by atoms with van der Waals surface area (Å²) in [6, 6.07) is 6.36. The zero-order valence-corrected chi connectivity index (χ0v) is 13.8. The molecular formula is C17H20N2O2S. The van der Waals surface area contributed by atoms with Crippen molar-refractivity contribution in [2.45, 2.75) is 20.3 Å². The van der Waals surface area contributed by atoms with Gasteiger partial charge in [-0.2, -0.15) is 0 Å². The van der Waals surface area contributed by atoms with E-state index in [0.29, 0.717) is 32.7 Å².